The predicted octanol–water partition coefficient (Wildman–Crippen LogP) is 3.64. The first kappa shape index (κ1) is 18.6. The van der Waals surface area contributed by atoms with Crippen LogP contribution in [0, 0.1) is 5.82 Å². The fraction of sp³-hybridized carbons (Fsp3) is 0.478. The molecule has 2 saturated heterocycles. The van der Waals surface area contributed by atoms with Gasteiger partial charge in [0.1, 0.15) is 5.82 Å². The molecule has 3 nitrogen and oxygen atoms in total. The molecule has 2 aliphatic rings. The number of nitrogens with zero attached hydrogens (tertiary/aromatic N) is 2. The number of aliphatic hydroxyl groups is 1. The zero-order valence-corrected chi connectivity index (χ0v) is 15.8. The lowest BCUT2D eigenvalue weighted by molar-refractivity contribution is -0.0222. The topological polar surface area (TPSA) is 26.7 Å². The van der Waals surface area contributed by atoms with Gasteiger partial charge in [-0.1, -0.05) is 42.5 Å². The maximum atomic E-state index is 13.5. The zero-order chi connectivity index (χ0) is 18.6. The van der Waals surface area contributed by atoms with Gasteiger partial charge in [0.25, 0.3) is 0 Å². The molecule has 27 heavy (non-hydrogen) atoms. The maximum Gasteiger partial charge on any atom is 0.123 e. The van der Waals surface area contributed by atoms with E-state index in [1.54, 1.807) is 12.1 Å². The summed E-state index contributed by atoms with van der Waals surface area (Å²) in [5.74, 6) is 0.454. The Morgan fingerprint density at radius 3 is 2.44 bits per heavy atom. The van der Waals surface area contributed by atoms with E-state index in [2.05, 4.69) is 40.1 Å². The van der Waals surface area contributed by atoms with Gasteiger partial charge in [0.15, 0.2) is 0 Å². The lowest BCUT2D eigenvalue weighted by atomic mass is 9.88. The summed E-state index contributed by atoms with van der Waals surface area (Å²) in [6.07, 6.45) is 2.83. The Hall–Kier alpha value is -1.75. The van der Waals surface area contributed by atoms with Crippen LogP contribution in [0.4, 0.5) is 4.39 Å². The van der Waals surface area contributed by atoms with E-state index in [1.165, 1.54) is 11.6 Å². The number of rotatable bonds is 4. The highest BCUT2D eigenvalue weighted by molar-refractivity contribution is 5.20. The number of likely N-dealkylation sites (tertiary alicyclic amines) is 2. The molecule has 144 valence electrons. The van der Waals surface area contributed by atoms with Crippen molar-refractivity contribution >= 4 is 0 Å². The van der Waals surface area contributed by atoms with E-state index in [0.29, 0.717) is 5.92 Å². The van der Waals surface area contributed by atoms with Gasteiger partial charge < -0.3 is 5.11 Å². The first-order chi connectivity index (χ1) is 13.2. The van der Waals surface area contributed by atoms with Crippen LogP contribution in [0.5, 0.6) is 0 Å². The average molecular weight is 368 g/mol. The van der Waals surface area contributed by atoms with Crippen LogP contribution in [0.2, 0.25) is 0 Å². The number of halogens is 1. The van der Waals surface area contributed by atoms with E-state index < -0.39 is 0 Å². The molecule has 2 aromatic carbocycles. The summed E-state index contributed by atoms with van der Waals surface area (Å²) in [4.78, 5) is 4.83. The van der Waals surface area contributed by atoms with Crippen LogP contribution in [-0.2, 0) is 6.54 Å². The van der Waals surface area contributed by atoms with Gasteiger partial charge >= 0.3 is 0 Å². The smallest absolute Gasteiger partial charge is 0.123 e. The van der Waals surface area contributed by atoms with Crippen molar-refractivity contribution in [1.82, 2.24) is 9.80 Å². The average Bonchev–Trinajstić information content (AvgIpc) is 2.70. The van der Waals surface area contributed by atoms with Gasteiger partial charge in [-0.25, -0.2) is 4.39 Å². The third-order valence-electron chi connectivity index (χ3n) is 6.20. The summed E-state index contributed by atoms with van der Waals surface area (Å²) in [7, 11) is 0. The molecule has 0 aliphatic carbocycles. The molecule has 0 amide bonds. The summed E-state index contributed by atoms with van der Waals surface area (Å²) < 4.78 is 13.5. The molecule has 2 aliphatic heterocycles. The second-order valence-corrected chi connectivity index (χ2v) is 8.01. The molecule has 1 N–H and O–H groups in total. The van der Waals surface area contributed by atoms with Gasteiger partial charge in [0, 0.05) is 25.7 Å². The minimum absolute atomic E-state index is 0.177. The van der Waals surface area contributed by atoms with Gasteiger partial charge in [-0.05, 0) is 61.5 Å². The second kappa shape index (κ2) is 8.51. The number of aliphatic hydroxyl groups excluding tert-OH is 1. The predicted molar refractivity (Wildman–Crippen MR) is 106 cm³/mol. The quantitative estimate of drug-likeness (QED) is 0.893. The zero-order valence-electron chi connectivity index (χ0n) is 15.8. The monoisotopic (exact) mass is 368 g/mol. The first-order valence-corrected chi connectivity index (χ1v) is 10.1. The number of hydrogen-bond donors (Lipinski definition) is 1. The summed E-state index contributed by atoms with van der Waals surface area (Å²) >= 11 is 0. The molecule has 4 rings (SSSR count). The van der Waals surface area contributed by atoms with E-state index in [1.807, 2.05) is 6.07 Å². The van der Waals surface area contributed by atoms with Crippen molar-refractivity contribution in [2.24, 2.45) is 0 Å². The number of benzene rings is 2. The third kappa shape index (κ3) is 4.57. The van der Waals surface area contributed by atoms with Crippen molar-refractivity contribution in [3.63, 3.8) is 0 Å². The van der Waals surface area contributed by atoms with Crippen molar-refractivity contribution in [3.8, 4) is 0 Å². The van der Waals surface area contributed by atoms with Gasteiger partial charge in [-0.15, -0.1) is 0 Å². The molecular weight excluding hydrogens is 339 g/mol. The van der Waals surface area contributed by atoms with Crippen LogP contribution in [0.1, 0.15) is 36.3 Å². The Kier molecular flexibility index (Phi) is 5.86. The Bertz CT molecular complexity index is 730. The Morgan fingerprint density at radius 1 is 0.926 bits per heavy atom. The highest BCUT2D eigenvalue weighted by Gasteiger charge is 2.34. The van der Waals surface area contributed by atoms with E-state index >= 15 is 0 Å². The second-order valence-electron chi connectivity index (χ2n) is 8.01. The van der Waals surface area contributed by atoms with E-state index in [0.717, 1.165) is 57.5 Å². The summed E-state index contributed by atoms with van der Waals surface area (Å²) in [6, 6.07) is 17.8. The fourth-order valence-corrected chi connectivity index (χ4v) is 4.67. The molecule has 2 aromatic rings. The SMILES string of the molecule is O[C@@H]1CCN(Cc2cccc(F)c2)C[C@H]1N1CCC(c2ccccc2)CC1. The molecule has 4 heteroatoms. The van der Waals surface area contributed by atoms with Crippen molar-refractivity contribution in [2.75, 3.05) is 26.2 Å². The molecule has 0 saturated carbocycles. The molecular formula is C23H29FN2O. The largest absolute Gasteiger partial charge is 0.391 e. The molecule has 0 bridgehead atoms. The maximum absolute atomic E-state index is 13.5. The van der Waals surface area contributed by atoms with E-state index in [4.69, 9.17) is 0 Å². The molecule has 2 heterocycles. The van der Waals surface area contributed by atoms with Crippen LogP contribution in [-0.4, -0.2) is 53.2 Å². The van der Waals surface area contributed by atoms with Crippen molar-refractivity contribution in [1.29, 1.82) is 0 Å². The first-order valence-electron chi connectivity index (χ1n) is 10.1. The van der Waals surface area contributed by atoms with Crippen LogP contribution < -0.4 is 0 Å². The summed E-state index contributed by atoms with van der Waals surface area (Å²) in [5, 5.41) is 10.6. The van der Waals surface area contributed by atoms with Crippen LogP contribution >= 0.6 is 0 Å². The lowest BCUT2D eigenvalue weighted by Gasteiger charge is -2.45. The Labute approximate surface area is 161 Å². The minimum Gasteiger partial charge on any atom is -0.391 e. The minimum atomic E-state index is -0.262. The molecule has 0 aromatic heterocycles. The van der Waals surface area contributed by atoms with Gasteiger partial charge in [-0.3, -0.25) is 9.80 Å². The summed E-state index contributed by atoms with van der Waals surface area (Å²) in [5.41, 5.74) is 2.45. The van der Waals surface area contributed by atoms with Gasteiger partial charge in [0.05, 0.1) is 6.10 Å². The molecule has 2 atom stereocenters. The van der Waals surface area contributed by atoms with Crippen LogP contribution in [0.25, 0.3) is 0 Å². The van der Waals surface area contributed by atoms with Crippen LogP contribution in [0.15, 0.2) is 54.6 Å². The van der Waals surface area contributed by atoms with Gasteiger partial charge in [-0.2, -0.15) is 0 Å². The summed E-state index contributed by atoms with van der Waals surface area (Å²) in [6.45, 7) is 4.55. The third-order valence-corrected chi connectivity index (χ3v) is 6.20. The number of hydrogen-bond acceptors (Lipinski definition) is 3. The van der Waals surface area contributed by atoms with Crippen molar-refractivity contribution in [3.05, 3.63) is 71.5 Å². The normalized spacial score (nSPS) is 25.6. The van der Waals surface area contributed by atoms with Crippen molar-refractivity contribution < 1.29 is 9.50 Å². The Balaban J connectivity index is 1.35. The van der Waals surface area contributed by atoms with Gasteiger partial charge in [0.2, 0.25) is 0 Å². The molecule has 0 radical (unpaired) electrons. The Morgan fingerprint density at radius 2 is 1.70 bits per heavy atom. The van der Waals surface area contributed by atoms with E-state index in [9.17, 15) is 9.50 Å². The number of piperidine rings is 2. The van der Waals surface area contributed by atoms with Crippen molar-refractivity contribution in [2.45, 2.75) is 43.9 Å². The standard InChI is InChI=1S/C23H29FN2O/c24-21-8-4-5-18(15-21)16-25-12-11-23(27)22(17-25)26-13-9-20(10-14-26)19-6-2-1-3-7-19/h1-8,15,20,22-23,27H,9-14,16-17H2/t22-,23-/m1/s1. The highest BCUT2D eigenvalue weighted by atomic mass is 19.1. The van der Waals surface area contributed by atoms with E-state index in [-0.39, 0.29) is 18.0 Å². The lowest BCUT2D eigenvalue weighted by Crippen LogP contribution is -2.56. The molecule has 0 spiro atoms. The van der Waals surface area contributed by atoms with Crippen LogP contribution in [0.3, 0.4) is 0 Å². The highest BCUT2D eigenvalue weighted by Crippen LogP contribution is 2.30. The fourth-order valence-electron chi connectivity index (χ4n) is 4.67. The molecule has 2 fully saturated rings. The molecule has 0 unspecified atom stereocenters.